The Balaban J connectivity index is 0.00000200. The minimum absolute atomic E-state index is 0. The van der Waals surface area contributed by atoms with Gasteiger partial charge >= 0.3 is 0 Å². The fourth-order valence-corrected chi connectivity index (χ4v) is 2.65. The van der Waals surface area contributed by atoms with Gasteiger partial charge in [0.15, 0.2) is 0 Å². The van der Waals surface area contributed by atoms with Crippen molar-refractivity contribution in [2.45, 2.75) is 38.8 Å². The normalized spacial score (nSPS) is 15.8. The Morgan fingerprint density at radius 3 is 2.30 bits per heavy atom. The van der Waals surface area contributed by atoms with Crippen LogP contribution >= 0.6 is 12.4 Å². The average molecular weight is 301 g/mol. The molecule has 1 aliphatic rings. The zero-order valence-corrected chi connectivity index (χ0v) is 12.8. The molecule has 0 radical (unpaired) electrons. The number of halogens is 2. The minimum atomic E-state index is -0.311. The van der Waals surface area contributed by atoms with Crippen molar-refractivity contribution in [3.05, 3.63) is 35.6 Å². The Hall–Kier alpha value is -1.13. The molecule has 0 spiro atoms. The van der Waals surface area contributed by atoms with E-state index in [0.29, 0.717) is 5.56 Å². The van der Waals surface area contributed by atoms with Gasteiger partial charge in [-0.2, -0.15) is 0 Å². The van der Waals surface area contributed by atoms with Gasteiger partial charge in [0.05, 0.1) is 0 Å². The summed E-state index contributed by atoms with van der Waals surface area (Å²) in [6.07, 6.45) is 1.95. The van der Waals surface area contributed by atoms with Crippen LogP contribution in [0.25, 0.3) is 0 Å². The van der Waals surface area contributed by atoms with E-state index in [9.17, 15) is 9.18 Å². The summed E-state index contributed by atoms with van der Waals surface area (Å²) >= 11 is 0. The van der Waals surface area contributed by atoms with Crippen LogP contribution in [-0.4, -0.2) is 36.0 Å². The first-order valence-corrected chi connectivity index (χ1v) is 6.88. The molecule has 20 heavy (non-hydrogen) atoms. The summed E-state index contributed by atoms with van der Waals surface area (Å²) in [6, 6.07) is 6.24. The van der Waals surface area contributed by atoms with E-state index in [1.54, 1.807) is 12.1 Å². The van der Waals surface area contributed by atoms with Crippen molar-refractivity contribution in [3.8, 4) is 0 Å². The van der Waals surface area contributed by atoms with Gasteiger partial charge in [0, 0.05) is 17.6 Å². The molecular weight excluding hydrogens is 279 g/mol. The molecule has 2 rings (SSSR count). The van der Waals surface area contributed by atoms with Crippen LogP contribution in [0.15, 0.2) is 24.3 Å². The van der Waals surface area contributed by atoms with Crippen molar-refractivity contribution in [1.29, 1.82) is 0 Å². The Labute approximate surface area is 125 Å². The molecule has 1 N–H and O–H groups in total. The van der Waals surface area contributed by atoms with Crippen molar-refractivity contribution >= 4 is 18.3 Å². The standard InChI is InChI=1S/C15H21FN2O.ClH/c1-11(2)18(14-7-9-17-10-8-14)15(19)12-3-5-13(16)6-4-12;/h3-6,11,14,17H,7-10H2,1-2H3;1H. The predicted molar refractivity (Wildman–Crippen MR) is 80.8 cm³/mol. The Kier molecular flexibility index (Phi) is 6.43. The average Bonchev–Trinajstić information content (AvgIpc) is 2.40. The molecule has 1 amide bonds. The number of benzene rings is 1. The van der Waals surface area contributed by atoms with Crippen LogP contribution in [0.4, 0.5) is 4.39 Å². The highest BCUT2D eigenvalue weighted by Gasteiger charge is 2.28. The quantitative estimate of drug-likeness (QED) is 0.931. The van der Waals surface area contributed by atoms with Crippen LogP contribution in [0.2, 0.25) is 0 Å². The molecule has 112 valence electrons. The molecule has 0 atom stereocenters. The lowest BCUT2D eigenvalue weighted by molar-refractivity contribution is 0.0565. The number of hydrogen-bond acceptors (Lipinski definition) is 2. The summed E-state index contributed by atoms with van der Waals surface area (Å²) in [5.74, 6) is -0.309. The molecule has 1 aromatic carbocycles. The summed E-state index contributed by atoms with van der Waals surface area (Å²) in [5, 5.41) is 3.31. The SMILES string of the molecule is CC(C)N(C(=O)c1ccc(F)cc1)C1CCNCC1.Cl. The molecule has 0 aliphatic carbocycles. The van der Waals surface area contributed by atoms with Gasteiger partial charge in [0.25, 0.3) is 5.91 Å². The van der Waals surface area contributed by atoms with E-state index < -0.39 is 0 Å². The largest absolute Gasteiger partial charge is 0.333 e. The maximum Gasteiger partial charge on any atom is 0.254 e. The lowest BCUT2D eigenvalue weighted by Gasteiger charge is -2.37. The molecular formula is C15H22ClFN2O. The summed E-state index contributed by atoms with van der Waals surface area (Å²) in [5.41, 5.74) is 0.564. The monoisotopic (exact) mass is 300 g/mol. The number of hydrogen-bond donors (Lipinski definition) is 1. The first kappa shape index (κ1) is 16.9. The van der Waals surface area contributed by atoms with Crippen molar-refractivity contribution in [2.24, 2.45) is 0 Å². The second-order valence-corrected chi connectivity index (χ2v) is 5.29. The lowest BCUT2D eigenvalue weighted by Crippen LogP contribution is -2.49. The molecule has 0 saturated carbocycles. The van der Waals surface area contributed by atoms with Gasteiger partial charge in [0.1, 0.15) is 5.82 Å². The topological polar surface area (TPSA) is 32.3 Å². The number of nitrogens with one attached hydrogen (secondary N) is 1. The Morgan fingerprint density at radius 1 is 1.25 bits per heavy atom. The highest BCUT2D eigenvalue weighted by molar-refractivity contribution is 5.94. The van der Waals surface area contributed by atoms with Gasteiger partial charge in [-0.15, -0.1) is 12.4 Å². The third-order valence-electron chi connectivity index (χ3n) is 3.58. The second kappa shape index (κ2) is 7.60. The maximum atomic E-state index is 12.9. The van der Waals surface area contributed by atoms with Crippen molar-refractivity contribution in [3.63, 3.8) is 0 Å². The summed E-state index contributed by atoms with van der Waals surface area (Å²) in [4.78, 5) is 14.5. The van der Waals surface area contributed by atoms with E-state index in [1.165, 1.54) is 12.1 Å². The molecule has 0 unspecified atom stereocenters. The molecule has 1 fully saturated rings. The molecule has 1 saturated heterocycles. The summed E-state index contributed by atoms with van der Waals surface area (Å²) < 4.78 is 12.9. The van der Waals surface area contributed by atoms with Crippen molar-refractivity contribution in [2.75, 3.05) is 13.1 Å². The Morgan fingerprint density at radius 2 is 1.80 bits per heavy atom. The predicted octanol–water partition coefficient (Wildman–Crippen LogP) is 2.85. The minimum Gasteiger partial charge on any atom is -0.333 e. The fourth-order valence-electron chi connectivity index (χ4n) is 2.65. The van der Waals surface area contributed by atoms with Gasteiger partial charge < -0.3 is 10.2 Å². The van der Waals surface area contributed by atoms with E-state index in [4.69, 9.17) is 0 Å². The van der Waals surface area contributed by atoms with Gasteiger partial charge in [-0.3, -0.25) is 4.79 Å². The highest BCUT2D eigenvalue weighted by Crippen LogP contribution is 2.19. The maximum absolute atomic E-state index is 12.9. The molecule has 1 heterocycles. The van der Waals surface area contributed by atoms with E-state index in [2.05, 4.69) is 5.32 Å². The second-order valence-electron chi connectivity index (χ2n) is 5.29. The smallest absolute Gasteiger partial charge is 0.254 e. The number of nitrogens with zero attached hydrogens (tertiary/aromatic N) is 1. The summed E-state index contributed by atoms with van der Waals surface area (Å²) in [6.45, 7) is 5.96. The lowest BCUT2D eigenvalue weighted by atomic mass is 10.0. The zero-order chi connectivity index (χ0) is 13.8. The van der Waals surface area contributed by atoms with Gasteiger partial charge in [-0.1, -0.05) is 0 Å². The summed E-state index contributed by atoms with van der Waals surface area (Å²) in [7, 11) is 0. The molecule has 0 aromatic heterocycles. The third-order valence-corrected chi connectivity index (χ3v) is 3.58. The zero-order valence-electron chi connectivity index (χ0n) is 11.9. The van der Waals surface area contributed by atoms with Crippen LogP contribution in [0.1, 0.15) is 37.0 Å². The van der Waals surface area contributed by atoms with Crippen LogP contribution < -0.4 is 5.32 Å². The number of carbonyl (C=O) groups excluding carboxylic acids is 1. The van der Waals surface area contributed by atoms with E-state index in [-0.39, 0.29) is 36.2 Å². The van der Waals surface area contributed by atoms with Gasteiger partial charge in [-0.25, -0.2) is 4.39 Å². The van der Waals surface area contributed by atoms with Gasteiger partial charge in [0.2, 0.25) is 0 Å². The van der Waals surface area contributed by atoms with Crippen molar-refractivity contribution < 1.29 is 9.18 Å². The molecule has 0 bridgehead atoms. The van der Waals surface area contributed by atoms with E-state index in [0.717, 1.165) is 25.9 Å². The molecule has 1 aromatic rings. The number of amides is 1. The fraction of sp³-hybridized carbons (Fsp3) is 0.533. The molecule has 5 heteroatoms. The first-order chi connectivity index (χ1) is 9.09. The molecule has 1 aliphatic heterocycles. The third kappa shape index (κ3) is 3.93. The number of piperidine rings is 1. The van der Waals surface area contributed by atoms with Crippen LogP contribution in [0, 0.1) is 5.82 Å². The van der Waals surface area contributed by atoms with Crippen LogP contribution in [0.5, 0.6) is 0 Å². The number of rotatable bonds is 3. The molecule has 3 nitrogen and oxygen atoms in total. The van der Waals surface area contributed by atoms with E-state index >= 15 is 0 Å². The number of carbonyl (C=O) groups is 1. The van der Waals surface area contributed by atoms with Crippen molar-refractivity contribution in [1.82, 2.24) is 10.2 Å². The first-order valence-electron chi connectivity index (χ1n) is 6.88. The Bertz CT molecular complexity index is 430. The van der Waals surface area contributed by atoms with Gasteiger partial charge in [-0.05, 0) is 64.0 Å². The van der Waals surface area contributed by atoms with E-state index in [1.807, 2.05) is 18.7 Å². The van der Waals surface area contributed by atoms with Crippen LogP contribution in [0.3, 0.4) is 0 Å². The van der Waals surface area contributed by atoms with Crippen LogP contribution in [-0.2, 0) is 0 Å². The highest BCUT2D eigenvalue weighted by atomic mass is 35.5.